The fraction of sp³-hybridized carbons (Fsp3) is 0.273. The normalized spacial score (nSPS) is 15.0. The first-order valence-electron chi connectivity index (χ1n) is 5.13. The van der Waals surface area contributed by atoms with Crippen LogP contribution in [0.25, 0.3) is 11.0 Å². The molecule has 1 aliphatic rings. The third-order valence-corrected chi connectivity index (χ3v) is 3.75. The molecule has 0 fully saturated rings. The molecule has 1 amide bonds. The third-order valence-electron chi connectivity index (χ3n) is 2.81. The Hall–Kier alpha value is -1.49. The molecule has 2 heterocycles. The molecule has 82 valence electrons. The summed E-state index contributed by atoms with van der Waals surface area (Å²) in [7, 11) is 0. The Kier molecular flexibility index (Phi) is 2.14. The quantitative estimate of drug-likeness (QED) is 0.809. The van der Waals surface area contributed by atoms with Crippen molar-refractivity contribution in [1.29, 1.82) is 0 Å². The van der Waals surface area contributed by atoms with E-state index in [0.717, 1.165) is 34.9 Å². The minimum absolute atomic E-state index is 0.409. The second-order valence-electron chi connectivity index (χ2n) is 3.77. The molecule has 0 saturated carbocycles. The zero-order valence-electron chi connectivity index (χ0n) is 8.64. The summed E-state index contributed by atoms with van der Waals surface area (Å²) in [6.07, 6.45) is 0. The Morgan fingerprint density at radius 3 is 3.19 bits per heavy atom. The van der Waals surface area contributed by atoms with Crippen molar-refractivity contribution < 1.29 is 4.79 Å². The molecule has 3 rings (SSSR count). The van der Waals surface area contributed by atoms with Crippen molar-refractivity contribution in [3.8, 4) is 0 Å². The first-order chi connectivity index (χ1) is 7.77. The molecule has 1 aromatic heterocycles. The first kappa shape index (κ1) is 9.72. The largest absolute Gasteiger partial charge is 0.366 e. The van der Waals surface area contributed by atoms with Gasteiger partial charge in [0.2, 0.25) is 0 Å². The number of hydrogen-bond acceptors (Lipinski definition) is 3. The van der Waals surface area contributed by atoms with E-state index >= 15 is 0 Å². The van der Waals surface area contributed by atoms with Crippen LogP contribution in [0, 0.1) is 0 Å². The van der Waals surface area contributed by atoms with Crippen LogP contribution in [-0.4, -0.2) is 21.2 Å². The van der Waals surface area contributed by atoms with Gasteiger partial charge in [-0.15, -0.1) is 0 Å². The lowest BCUT2D eigenvalue weighted by Gasteiger charge is -2.13. The standard InChI is InChI=1S/C11H11N3OS/c12-11(15)7-2-1-3-8-10(7)13-9-6-16-5-4-14(8)9/h1-3H,4-6H2,(H2,12,15). The predicted octanol–water partition coefficient (Wildman–Crippen LogP) is 1.38. The highest BCUT2D eigenvalue weighted by molar-refractivity contribution is 7.98. The summed E-state index contributed by atoms with van der Waals surface area (Å²) in [5.74, 6) is 2.64. The number of fused-ring (bicyclic) bond motifs is 3. The Morgan fingerprint density at radius 1 is 1.50 bits per heavy atom. The lowest BCUT2D eigenvalue weighted by atomic mass is 10.2. The van der Waals surface area contributed by atoms with Gasteiger partial charge in [-0.05, 0) is 12.1 Å². The fourth-order valence-electron chi connectivity index (χ4n) is 2.07. The van der Waals surface area contributed by atoms with Gasteiger partial charge in [-0.2, -0.15) is 11.8 Å². The van der Waals surface area contributed by atoms with Gasteiger partial charge in [-0.25, -0.2) is 4.98 Å². The molecule has 2 aromatic rings. The van der Waals surface area contributed by atoms with Crippen molar-refractivity contribution in [2.45, 2.75) is 12.3 Å². The number of primary amides is 1. The Balaban J connectivity index is 2.33. The number of imidazole rings is 1. The summed E-state index contributed by atoms with van der Waals surface area (Å²) in [4.78, 5) is 15.8. The van der Waals surface area contributed by atoms with Crippen LogP contribution in [-0.2, 0) is 12.3 Å². The zero-order valence-corrected chi connectivity index (χ0v) is 9.46. The van der Waals surface area contributed by atoms with E-state index in [1.54, 1.807) is 6.07 Å². The van der Waals surface area contributed by atoms with Crippen LogP contribution in [0.4, 0.5) is 0 Å². The Labute approximate surface area is 96.8 Å². The summed E-state index contributed by atoms with van der Waals surface area (Å²) in [6, 6.07) is 5.59. The van der Waals surface area contributed by atoms with Crippen LogP contribution in [0.3, 0.4) is 0 Å². The van der Waals surface area contributed by atoms with Crippen LogP contribution >= 0.6 is 11.8 Å². The van der Waals surface area contributed by atoms with Crippen molar-refractivity contribution in [3.05, 3.63) is 29.6 Å². The van der Waals surface area contributed by atoms with E-state index in [-0.39, 0.29) is 0 Å². The lowest BCUT2D eigenvalue weighted by Crippen LogP contribution is -2.11. The third kappa shape index (κ3) is 1.31. The number of aryl methyl sites for hydroxylation is 1. The summed E-state index contributed by atoms with van der Waals surface area (Å²) in [6.45, 7) is 0.957. The fourth-order valence-corrected chi connectivity index (χ4v) is 2.93. The van der Waals surface area contributed by atoms with E-state index in [2.05, 4.69) is 9.55 Å². The number of nitrogens with zero attached hydrogens (tertiary/aromatic N) is 2. The lowest BCUT2D eigenvalue weighted by molar-refractivity contribution is 0.100. The molecular formula is C11H11N3OS. The molecule has 0 atom stereocenters. The number of para-hydroxylation sites is 1. The molecular weight excluding hydrogens is 222 g/mol. The highest BCUT2D eigenvalue weighted by Crippen LogP contribution is 2.26. The van der Waals surface area contributed by atoms with Crippen molar-refractivity contribution in [2.24, 2.45) is 5.73 Å². The van der Waals surface area contributed by atoms with E-state index in [9.17, 15) is 4.79 Å². The van der Waals surface area contributed by atoms with Gasteiger partial charge in [0, 0.05) is 12.3 Å². The van der Waals surface area contributed by atoms with Gasteiger partial charge in [0.05, 0.1) is 16.8 Å². The second-order valence-corrected chi connectivity index (χ2v) is 4.87. The summed E-state index contributed by atoms with van der Waals surface area (Å²) in [5.41, 5.74) is 7.63. The Bertz CT molecular complexity index is 576. The van der Waals surface area contributed by atoms with Gasteiger partial charge >= 0.3 is 0 Å². The second kappa shape index (κ2) is 3.52. The van der Waals surface area contributed by atoms with Crippen molar-refractivity contribution in [1.82, 2.24) is 9.55 Å². The zero-order chi connectivity index (χ0) is 11.1. The first-order valence-corrected chi connectivity index (χ1v) is 6.28. The predicted molar refractivity (Wildman–Crippen MR) is 64.4 cm³/mol. The molecule has 0 radical (unpaired) electrons. The molecule has 0 aliphatic carbocycles. The van der Waals surface area contributed by atoms with E-state index in [0.29, 0.717) is 5.56 Å². The minimum atomic E-state index is -0.409. The van der Waals surface area contributed by atoms with Crippen molar-refractivity contribution in [3.63, 3.8) is 0 Å². The molecule has 0 spiro atoms. The van der Waals surface area contributed by atoms with Crippen LogP contribution in [0.2, 0.25) is 0 Å². The number of aromatic nitrogens is 2. The SMILES string of the molecule is NC(=O)c1cccc2c1nc1n2CCSC1. The van der Waals surface area contributed by atoms with Crippen LogP contribution in [0.1, 0.15) is 16.2 Å². The molecule has 0 saturated heterocycles. The van der Waals surface area contributed by atoms with E-state index in [1.807, 2.05) is 23.9 Å². The molecule has 5 heteroatoms. The number of amides is 1. The number of carbonyl (C=O) groups is 1. The average Bonchev–Trinajstić information content (AvgIpc) is 2.67. The summed E-state index contributed by atoms with van der Waals surface area (Å²) < 4.78 is 2.18. The minimum Gasteiger partial charge on any atom is -0.366 e. The van der Waals surface area contributed by atoms with Crippen LogP contribution in [0.15, 0.2) is 18.2 Å². The average molecular weight is 233 g/mol. The van der Waals surface area contributed by atoms with Gasteiger partial charge in [0.25, 0.3) is 5.91 Å². The topological polar surface area (TPSA) is 60.9 Å². The molecule has 0 bridgehead atoms. The monoisotopic (exact) mass is 233 g/mol. The van der Waals surface area contributed by atoms with Gasteiger partial charge in [-0.1, -0.05) is 6.07 Å². The smallest absolute Gasteiger partial charge is 0.250 e. The van der Waals surface area contributed by atoms with E-state index < -0.39 is 5.91 Å². The maximum Gasteiger partial charge on any atom is 0.250 e. The van der Waals surface area contributed by atoms with Crippen LogP contribution < -0.4 is 5.73 Å². The van der Waals surface area contributed by atoms with Gasteiger partial charge in [0.15, 0.2) is 0 Å². The summed E-state index contributed by atoms with van der Waals surface area (Å²) >= 11 is 1.87. The highest BCUT2D eigenvalue weighted by Gasteiger charge is 2.17. The van der Waals surface area contributed by atoms with E-state index in [4.69, 9.17) is 5.73 Å². The van der Waals surface area contributed by atoms with Crippen molar-refractivity contribution >= 4 is 28.7 Å². The molecule has 1 aliphatic heterocycles. The number of benzene rings is 1. The summed E-state index contributed by atoms with van der Waals surface area (Å²) in [5, 5.41) is 0. The number of nitrogens with two attached hydrogens (primary N) is 1. The number of rotatable bonds is 1. The van der Waals surface area contributed by atoms with Gasteiger partial charge < -0.3 is 10.3 Å². The maximum absolute atomic E-state index is 11.3. The molecule has 4 nitrogen and oxygen atoms in total. The molecule has 2 N–H and O–H groups in total. The highest BCUT2D eigenvalue weighted by atomic mass is 32.2. The molecule has 16 heavy (non-hydrogen) atoms. The number of hydrogen-bond donors (Lipinski definition) is 1. The maximum atomic E-state index is 11.3. The van der Waals surface area contributed by atoms with Gasteiger partial charge in [-0.3, -0.25) is 4.79 Å². The number of thioether (sulfide) groups is 1. The van der Waals surface area contributed by atoms with Crippen LogP contribution in [0.5, 0.6) is 0 Å². The van der Waals surface area contributed by atoms with E-state index in [1.165, 1.54) is 0 Å². The molecule has 0 unspecified atom stereocenters. The van der Waals surface area contributed by atoms with Crippen molar-refractivity contribution in [2.75, 3.05) is 5.75 Å². The number of carbonyl (C=O) groups excluding carboxylic acids is 1. The van der Waals surface area contributed by atoms with Gasteiger partial charge in [0.1, 0.15) is 11.3 Å². The Morgan fingerprint density at radius 2 is 2.38 bits per heavy atom. The molecule has 1 aromatic carbocycles.